The Kier molecular flexibility index (Phi) is 2.80. The minimum Gasteiger partial charge on any atom is -0.399 e. The third kappa shape index (κ3) is 2.00. The first-order valence-corrected chi connectivity index (χ1v) is 6.86. The molecule has 0 aliphatic rings. The van der Waals surface area contributed by atoms with E-state index in [1.807, 2.05) is 18.2 Å². The average molecular weight is 323 g/mol. The maximum absolute atomic E-state index is 13.1. The van der Waals surface area contributed by atoms with Crippen LogP contribution >= 0.6 is 27.3 Å². The molecular weight excluding hydrogens is 315 g/mol. The van der Waals surface area contributed by atoms with E-state index in [1.54, 1.807) is 6.07 Å². The van der Waals surface area contributed by atoms with E-state index < -0.39 is 0 Å². The topological polar surface area (TPSA) is 38.9 Å². The highest BCUT2D eigenvalue weighted by atomic mass is 79.9. The Hall–Kier alpha value is -1.46. The van der Waals surface area contributed by atoms with Gasteiger partial charge < -0.3 is 5.73 Å². The smallest absolute Gasteiger partial charge is 0.125 e. The fourth-order valence-electron chi connectivity index (χ4n) is 1.72. The number of nitrogen functional groups attached to an aromatic ring is 1. The van der Waals surface area contributed by atoms with Crippen LogP contribution in [0.3, 0.4) is 0 Å². The van der Waals surface area contributed by atoms with Crippen molar-refractivity contribution >= 4 is 43.2 Å². The van der Waals surface area contributed by atoms with Crippen molar-refractivity contribution in [3.05, 3.63) is 46.7 Å². The second kappa shape index (κ2) is 4.33. The Morgan fingerprint density at radius 2 is 2.00 bits per heavy atom. The molecule has 0 saturated carbocycles. The molecule has 2 aromatic carbocycles. The van der Waals surface area contributed by atoms with Crippen molar-refractivity contribution in [2.24, 2.45) is 0 Å². The van der Waals surface area contributed by atoms with Crippen molar-refractivity contribution in [3.63, 3.8) is 0 Å². The number of hydrogen-bond donors (Lipinski definition) is 1. The zero-order chi connectivity index (χ0) is 12.7. The van der Waals surface area contributed by atoms with Gasteiger partial charge in [-0.15, -0.1) is 11.3 Å². The lowest BCUT2D eigenvalue weighted by molar-refractivity contribution is 0.630. The number of aromatic nitrogens is 1. The Bertz CT molecular complexity index is 739. The normalized spacial score (nSPS) is 11.0. The van der Waals surface area contributed by atoms with Gasteiger partial charge in [0.05, 0.1) is 10.2 Å². The number of thiazole rings is 1. The van der Waals surface area contributed by atoms with Crippen molar-refractivity contribution in [1.29, 1.82) is 0 Å². The highest BCUT2D eigenvalue weighted by Crippen LogP contribution is 2.35. The number of nitrogens with zero attached hydrogens (tertiary/aromatic N) is 1. The third-order valence-corrected chi connectivity index (χ3v) is 4.31. The van der Waals surface area contributed by atoms with E-state index in [-0.39, 0.29) is 5.82 Å². The van der Waals surface area contributed by atoms with Crippen LogP contribution in [0.1, 0.15) is 0 Å². The first kappa shape index (κ1) is 11.6. The number of nitrogens with two attached hydrogens (primary N) is 1. The summed E-state index contributed by atoms with van der Waals surface area (Å²) in [5.41, 5.74) is 8.18. The zero-order valence-electron chi connectivity index (χ0n) is 9.15. The SMILES string of the molecule is Nc1ccc(Br)c(-c2nc3ccc(F)cc3s2)c1. The van der Waals surface area contributed by atoms with Gasteiger partial charge in [-0.05, 0) is 36.4 Å². The molecule has 0 fully saturated rings. The molecule has 2 N–H and O–H groups in total. The standard InChI is InChI=1S/C13H8BrFN2S/c14-10-3-2-8(16)6-9(10)13-17-11-4-1-7(15)5-12(11)18-13/h1-6H,16H2. The lowest BCUT2D eigenvalue weighted by atomic mass is 10.2. The predicted octanol–water partition coefficient (Wildman–Crippen LogP) is 4.45. The monoisotopic (exact) mass is 322 g/mol. The van der Waals surface area contributed by atoms with Crippen LogP contribution in [-0.2, 0) is 0 Å². The van der Waals surface area contributed by atoms with Gasteiger partial charge in [-0.3, -0.25) is 0 Å². The molecule has 18 heavy (non-hydrogen) atoms. The van der Waals surface area contributed by atoms with Crippen LogP contribution in [0.15, 0.2) is 40.9 Å². The second-order valence-electron chi connectivity index (χ2n) is 3.87. The fraction of sp³-hybridized carbons (Fsp3) is 0. The quantitative estimate of drug-likeness (QED) is 0.672. The van der Waals surface area contributed by atoms with E-state index in [0.29, 0.717) is 5.69 Å². The van der Waals surface area contributed by atoms with Crippen LogP contribution in [0, 0.1) is 5.82 Å². The van der Waals surface area contributed by atoms with E-state index in [4.69, 9.17) is 5.73 Å². The molecule has 1 aromatic heterocycles. The molecule has 3 aromatic rings. The number of fused-ring (bicyclic) bond motifs is 1. The van der Waals surface area contributed by atoms with Gasteiger partial charge in [0.2, 0.25) is 0 Å². The molecule has 2 nitrogen and oxygen atoms in total. The van der Waals surface area contributed by atoms with Gasteiger partial charge in [-0.2, -0.15) is 0 Å². The summed E-state index contributed by atoms with van der Waals surface area (Å²) >= 11 is 4.93. The Balaban J connectivity index is 2.22. The van der Waals surface area contributed by atoms with Gasteiger partial charge in [0.25, 0.3) is 0 Å². The lowest BCUT2D eigenvalue weighted by Gasteiger charge is -2.01. The Morgan fingerprint density at radius 3 is 2.83 bits per heavy atom. The van der Waals surface area contributed by atoms with Crippen molar-refractivity contribution < 1.29 is 4.39 Å². The fourth-order valence-corrected chi connectivity index (χ4v) is 3.31. The van der Waals surface area contributed by atoms with Gasteiger partial charge in [-0.25, -0.2) is 9.37 Å². The number of anilines is 1. The molecule has 90 valence electrons. The Labute approximate surface area is 115 Å². The molecular formula is C13H8BrFN2S. The molecule has 1 heterocycles. The highest BCUT2D eigenvalue weighted by Gasteiger charge is 2.10. The molecule has 0 aliphatic heterocycles. The van der Waals surface area contributed by atoms with Gasteiger partial charge >= 0.3 is 0 Å². The summed E-state index contributed by atoms with van der Waals surface area (Å²) in [6.45, 7) is 0. The van der Waals surface area contributed by atoms with Crippen LogP contribution in [0.5, 0.6) is 0 Å². The first-order chi connectivity index (χ1) is 8.63. The van der Waals surface area contributed by atoms with Crippen LogP contribution < -0.4 is 5.73 Å². The maximum atomic E-state index is 13.1. The van der Waals surface area contributed by atoms with Gasteiger partial charge in [-0.1, -0.05) is 15.9 Å². The summed E-state index contributed by atoms with van der Waals surface area (Å²) in [5, 5.41) is 0.828. The molecule has 0 radical (unpaired) electrons. The molecule has 0 aliphatic carbocycles. The maximum Gasteiger partial charge on any atom is 0.125 e. The average Bonchev–Trinajstić information content (AvgIpc) is 2.74. The first-order valence-electron chi connectivity index (χ1n) is 5.25. The molecule has 0 bridgehead atoms. The largest absolute Gasteiger partial charge is 0.399 e. The highest BCUT2D eigenvalue weighted by molar-refractivity contribution is 9.10. The molecule has 3 rings (SSSR count). The molecule has 5 heteroatoms. The van der Waals surface area contributed by atoms with E-state index >= 15 is 0 Å². The van der Waals surface area contributed by atoms with E-state index in [9.17, 15) is 4.39 Å². The molecule has 0 saturated heterocycles. The second-order valence-corrected chi connectivity index (χ2v) is 5.76. The van der Waals surface area contributed by atoms with E-state index in [0.717, 1.165) is 25.3 Å². The summed E-state index contributed by atoms with van der Waals surface area (Å²) in [6, 6.07) is 10.2. The van der Waals surface area contributed by atoms with Gasteiger partial charge in [0, 0.05) is 15.7 Å². The molecule has 0 spiro atoms. The van der Waals surface area contributed by atoms with E-state index in [2.05, 4.69) is 20.9 Å². The third-order valence-electron chi connectivity index (χ3n) is 2.57. The Morgan fingerprint density at radius 1 is 1.17 bits per heavy atom. The number of rotatable bonds is 1. The number of benzene rings is 2. The number of halogens is 2. The minimum absolute atomic E-state index is 0.246. The van der Waals surface area contributed by atoms with Gasteiger partial charge in [0.1, 0.15) is 10.8 Å². The van der Waals surface area contributed by atoms with Crippen LogP contribution in [0.2, 0.25) is 0 Å². The summed E-state index contributed by atoms with van der Waals surface area (Å²) in [5.74, 6) is -0.246. The molecule has 0 atom stereocenters. The van der Waals surface area contributed by atoms with Crippen LogP contribution in [-0.4, -0.2) is 4.98 Å². The van der Waals surface area contributed by atoms with Gasteiger partial charge in [0.15, 0.2) is 0 Å². The van der Waals surface area contributed by atoms with Crippen molar-refractivity contribution in [2.45, 2.75) is 0 Å². The van der Waals surface area contributed by atoms with Crippen LogP contribution in [0.4, 0.5) is 10.1 Å². The zero-order valence-corrected chi connectivity index (χ0v) is 11.6. The molecule has 0 unspecified atom stereocenters. The van der Waals surface area contributed by atoms with Crippen molar-refractivity contribution in [3.8, 4) is 10.6 Å². The van der Waals surface area contributed by atoms with Crippen molar-refractivity contribution in [2.75, 3.05) is 5.73 Å². The molecule has 0 amide bonds. The predicted molar refractivity (Wildman–Crippen MR) is 77.1 cm³/mol. The summed E-state index contributed by atoms with van der Waals surface area (Å²) in [6.07, 6.45) is 0. The lowest BCUT2D eigenvalue weighted by Crippen LogP contribution is -1.86. The number of hydrogen-bond acceptors (Lipinski definition) is 3. The summed E-state index contributed by atoms with van der Waals surface area (Å²) < 4.78 is 14.9. The van der Waals surface area contributed by atoms with E-state index in [1.165, 1.54) is 23.5 Å². The summed E-state index contributed by atoms with van der Waals surface area (Å²) in [7, 11) is 0. The minimum atomic E-state index is -0.246. The summed E-state index contributed by atoms with van der Waals surface area (Å²) in [4.78, 5) is 4.49. The van der Waals surface area contributed by atoms with Crippen LogP contribution in [0.25, 0.3) is 20.8 Å². The van der Waals surface area contributed by atoms with Crippen molar-refractivity contribution in [1.82, 2.24) is 4.98 Å².